The molecular formula is C50H84O6Si. The van der Waals surface area contributed by atoms with Crippen molar-refractivity contribution in [2.75, 3.05) is 26.4 Å². The Kier molecular flexibility index (Phi) is 16.7. The number of Topliss-reactive ketones (excluding diaryl/α,β-unsaturated/α-hetero) is 1. The van der Waals surface area contributed by atoms with Gasteiger partial charge in [-0.25, -0.2) is 0 Å². The van der Waals surface area contributed by atoms with Crippen molar-refractivity contribution < 1.29 is 28.2 Å². The normalized spacial score (nSPS) is 30.5. The first-order chi connectivity index (χ1) is 27.4. The molecule has 3 aliphatic carbocycles. The van der Waals surface area contributed by atoms with Crippen LogP contribution in [0.4, 0.5) is 0 Å². The van der Waals surface area contributed by atoms with E-state index in [1.54, 1.807) is 5.56 Å². The molecule has 2 saturated heterocycles. The Hall–Kier alpha value is -1.25. The van der Waals surface area contributed by atoms with E-state index in [-0.39, 0.29) is 28.4 Å². The molecule has 324 valence electrons. The van der Waals surface area contributed by atoms with Gasteiger partial charge in [0, 0.05) is 37.3 Å². The SMILES string of the molecule is CC(C)(C)[Si](C)(C)Oc1ccc2c(c1)CC[C@@H]1[C@@H]2CC[C@]2(C)C(=O)C(CCCCCCCCOC3CCCCO3)(CCCCCCCCOC3CCCCO3)C[C@@H]12. The van der Waals surface area contributed by atoms with E-state index in [2.05, 4.69) is 59.0 Å². The number of fused-ring (bicyclic) bond motifs is 5. The molecule has 0 aromatic heterocycles. The third-order valence-electron chi connectivity index (χ3n) is 15.9. The van der Waals surface area contributed by atoms with Crippen molar-refractivity contribution in [3.63, 3.8) is 0 Å². The van der Waals surface area contributed by atoms with Gasteiger partial charge in [0.1, 0.15) is 11.5 Å². The molecule has 1 aromatic carbocycles. The highest BCUT2D eigenvalue weighted by Gasteiger charge is 2.63. The fourth-order valence-electron chi connectivity index (χ4n) is 11.4. The molecule has 0 amide bonds. The highest BCUT2D eigenvalue weighted by Crippen LogP contribution is 2.65. The molecule has 4 fully saturated rings. The lowest BCUT2D eigenvalue weighted by Gasteiger charge is -2.48. The molecule has 57 heavy (non-hydrogen) atoms. The Morgan fingerprint density at radius 2 is 1.30 bits per heavy atom. The molecule has 2 aliphatic heterocycles. The number of unbranched alkanes of at least 4 members (excludes halogenated alkanes) is 10. The predicted octanol–water partition coefficient (Wildman–Crippen LogP) is 13.6. The summed E-state index contributed by atoms with van der Waals surface area (Å²) in [5.74, 6) is 3.45. The number of carbonyl (C=O) groups excluding carboxylic acids is 1. The van der Waals surface area contributed by atoms with Gasteiger partial charge in [-0.1, -0.05) is 98.0 Å². The van der Waals surface area contributed by atoms with Crippen LogP contribution in [0.2, 0.25) is 18.1 Å². The van der Waals surface area contributed by atoms with Gasteiger partial charge in [0.15, 0.2) is 12.6 Å². The zero-order valence-corrected chi connectivity index (χ0v) is 38.6. The molecule has 6 atom stereocenters. The summed E-state index contributed by atoms with van der Waals surface area (Å²) in [5.41, 5.74) is 2.79. The minimum atomic E-state index is -1.89. The third kappa shape index (κ3) is 11.8. The Balaban J connectivity index is 1.02. The summed E-state index contributed by atoms with van der Waals surface area (Å²) in [6, 6.07) is 7.09. The maximum absolute atomic E-state index is 15.0. The van der Waals surface area contributed by atoms with Crippen LogP contribution in [0.15, 0.2) is 18.2 Å². The topological polar surface area (TPSA) is 63.2 Å². The second-order valence-electron chi connectivity index (χ2n) is 21.0. The van der Waals surface area contributed by atoms with Crippen molar-refractivity contribution in [2.24, 2.45) is 22.7 Å². The Labute approximate surface area is 350 Å². The highest BCUT2D eigenvalue weighted by atomic mass is 28.4. The fourth-order valence-corrected chi connectivity index (χ4v) is 12.4. The standard InChI is InChI=1S/C50H84O6Si/c1-48(2,3)57(5,6)56-40-26-28-41-39(37-40)25-27-43-42(41)29-32-49(4)44(43)38-50(47(49)51,30-17-11-7-9-13-19-33-52-45-23-15-21-35-54-45)31-18-12-8-10-14-20-34-53-46-24-16-22-36-55-46/h26,28,37,42-46H,7-25,27,29-36,38H2,1-6H3/t42-,43-,44+,45?,46?,49+,50?/m1/s1. The first-order valence-corrected chi connectivity index (χ1v) is 27.2. The van der Waals surface area contributed by atoms with Gasteiger partial charge < -0.3 is 23.4 Å². The Morgan fingerprint density at radius 3 is 1.84 bits per heavy atom. The molecule has 0 bridgehead atoms. The van der Waals surface area contributed by atoms with Gasteiger partial charge in [0.05, 0.1) is 0 Å². The zero-order valence-electron chi connectivity index (χ0n) is 37.6. The number of aryl methyl sites for hydroxylation is 1. The molecule has 5 aliphatic rings. The van der Waals surface area contributed by atoms with Crippen molar-refractivity contribution in [3.05, 3.63) is 29.3 Å². The maximum Gasteiger partial charge on any atom is 0.250 e. The van der Waals surface area contributed by atoms with E-state index in [0.717, 1.165) is 96.4 Å². The molecule has 0 N–H and O–H groups in total. The van der Waals surface area contributed by atoms with Crippen LogP contribution in [0, 0.1) is 22.7 Å². The Morgan fingerprint density at radius 1 is 0.737 bits per heavy atom. The van der Waals surface area contributed by atoms with Crippen molar-refractivity contribution in [1.82, 2.24) is 0 Å². The third-order valence-corrected chi connectivity index (χ3v) is 20.2. The van der Waals surface area contributed by atoms with Gasteiger partial charge in [0.25, 0.3) is 0 Å². The summed E-state index contributed by atoms with van der Waals surface area (Å²) in [6.07, 6.45) is 29.5. The van der Waals surface area contributed by atoms with E-state index < -0.39 is 8.32 Å². The van der Waals surface area contributed by atoms with Crippen LogP contribution < -0.4 is 4.43 Å². The number of rotatable bonds is 22. The fraction of sp³-hybridized carbons (Fsp3) is 0.860. The quantitative estimate of drug-likeness (QED) is 0.0859. The van der Waals surface area contributed by atoms with Crippen LogP contribution in [-0.2, 0) is 30.2 Å². The first-order valence-electron chi connectivity index (χ1n) is 24.3. The van der Waals surface area contributed by atoms with Gasteiger partial charge in [0.2, 0.25) is 8.32 Å². The van der Waals surface area contributed by atoms with E-state index in [9.17, 15) is 0 Å². The van der Waals surface area contributed by atoms with Crippen molar-refractivity contribution in [1.29, 1.82) is 0 Å². The molecule has 1 aromatic rings. The van der Waals surface area contributed by atoms with Crippen molar-refractivity contribution in [3.8, 4) is 5.75 Å². The minimum Gasteiger partial charge on any atom is -0.543 e. The zero-order chi connectivity index (χ0) is 40.4. The van der Waals surface area contributed by atoms with Gasteiger partial charge in [-0.05, 0) is 155 Å². The van der Waals surface area contributed by atoms with Crippen LogP contribution in [0.1, 0.15) is 199 Å². The van der Waals surface area contributed by atoms with Gasteiger partial charge >= 0.3 is 0 Å². The monoisotopic (exact) mass is 809 g/mol. The minimum absolute atomic E-state index is 0.0315. The number of hydrogen-bond donors (Lipinski definition) is 0. The lowest BCUT2D eigenvalue weighted by molar-refractivity contribution is -0.163. The number of ketones is 1. The van der Waals surface area contributed by atoms with E-state index in [0.29, 0.717) is 23.5 Å². The van der Waals surface area contributed by atoms with E-state index in [1.165, 1.54) is 102 Å². The molecular weight excluding hydrogens is 725 g/mol. The van der Waals surface area contributed by atoms with Crippen LogP contribution >= 0.6 is 0 Å². The van der Waals surface area contributed by atoms with Gasteiger partial charge in [-0.15, -0.1) is 0 Å². The number of hydrogen-bond acceptors (Lipinski definition) is 6. The lowest BCUT2D eigenvalue weighted by atomic mass is 9.55. The second-order valence-corrected chi connectivity index (χ2v) is 25.7. The van der Waals surface area contributed by atoms with E-state index in [1.807, 2.05) is 0 Å². The number of carbonyl (C=O) groups is 1. The highest BCUT2D eigenvalue weighted by molar-refractivity contribution is 6.74. The molecule has 2 heterocycles. The van der Waals surface area contributed by atoms with Crippen LogP contribution in [0.5, 0.6) is 5.75 Å². The molecule has 0 radical (unpaired) electrons. The summed E-state index contributed by atoms with van der Waals surface area (Å²) in [4.78, 5) is 15.0. The summed E-state index contributed by atoms with van der Waals surface area (Å²) in [6.45, 7) is 17.4. The van der Waals surface area contributed by atoms with E-state index >= 15 is 4.79 Å². The van der Waals surface area contributed by atoms with E-state index in [4.69, 9.17) is 23.4 Å². The van der Waals surface area contributed by atoms with Crippen LogP contribution in [0.3, 0.4) is 0 Å². The smallest absolute Gasteiger partial charge is 0.250 e. The first kappa shape index (κ1) is 45.3. The predicted molar refractivity (Wildman–Crippen MR) is 235 cm³/mol. The summed E-state index contributed by atoms with van der Waals surface area (Å²) in [7, 11) is -1.89. The molecule has 2 unspecified atom stereocenters. The Bertz CT molecular complexity index is 1340. The summed E-state index contributed by atoms with van der Waals surface area (Å²) < 4.78 is 30.2. The number of benzene rings is 1. The molecule has 6 nitrogen and oxygen atoms in total. The molecule has 6 rings (SSSR count). The summed E-state index contributed by atoms with van der Waals surface area (Å²) >= 11 is 0. The van der Waals surface area contributed by atoms with Crippen molar-refractivity contribution >= 4 is 14.1 Å². The van der Waals surface area contributed by atoms with Gasteiger partial charge in [-0.3, -0.25) is 4.79 Å². The summed E-state index contributed by atoms with van der Waals surface area (Å²) in [5, 5.41) is 0.183. The second kappa shape index (κ2) is 21.0. The number of ether oxygens (including phenoxy) is 4. The molecule has 2 saturated carbocycles. The van der Waals surface area contributed by atoms with Gasteiger partial charge in [-0.2, -0.15) is 0 Å². The average molecular weight is 809 g/mol. The average Bonchev–Trinajstić information content (AvgIpc) is 3.42. The lowest BCUT2D eigenvalue weighted by Crippen LogP contribution is -2.44. The molecule has 0 spiro atoms. The van der Waals surface area contributed by atoms with Crippen molar-refractivity contribution in [2.45, 2.75) is 225 Å². The largest absolute Gasteiger partial charge is 0.543 e. The van der Waals surface area contributed by atoms with Crippen LogP contribution in [0.25, 0.3) is 0 Å². The molecule has 7 heteroatoms. The van der Waals surface area contributed by atoms with Crippen LogP contribution in [-0.4, -0.2) is 53.1 Å². The maximum atomic E-state index is 15.0.